The number of nitro benzene ring substituents is 1. The third-order valence-corrected chi connectivity index (χ3v) is 8.00. The van der Waals surface area contributed by atoms with E-state index in [1.807, 2.05) is 6.07 Å². The molecule has 0 aliphatic rings. The summed E-state index contributed by atoms with van der Waals surface area (Å²) in [6.45, 7) is 3.11. The molecule has 200 valence electrons. The summed E-state index contributed by atoms with van der Waals surface area (Å²) in [5, 5.41) is 13.8. The Hall–Kier alpha value is -3.77. The van der Waals surface area contributed by atoms with Crippen molar-refractivity contribution in [3.63, 3.8) is 0 Å². The van der Waals surface area contributed by atoms with E-state index in [1.54, 1.807) is 50.2 Å². The highest BCUT2D eigenvalue weighted by atomic mass is 79.9. The third kappa shape index (κ3) is 6.95. The summed E-state index contributed by atoms with van der Waals surface area (Å²) in [4.78, 5) is 38.2. The van der Waals surface area contributed by atoms with Crippen molar-refractivity contribution < 1.29 is 22.9 Å². The maximum Gasteiger partial charge on any atom is 0.269 e. The van der Waals surface area contributed by atoms with Crippen molar-refractivity contribution in [2.24, 2.45) is 0 Å². The number of non-ortho nitro benzene ring substituents is 1. The second-order valence-electron chi connectivity index (χ2n) is 8.32. The summed E-state index contributed by atoms with van der Waals surface area (Å²) in [5.41, 5.74) is 0.579. The number of anilines is 1. The van der Waals surface area contributed by atoms with Crippen LogP contribution in [0.1, 0.15) is 19.4 Å². The van der Waals surface area contributed by atoms with E-state index in [4.69, 9.17) is 0 Å². The Kier molecular flexibility index (Phi) is 9.59. The molecule has 3 aromatic rings. The molecule has 0 radical (unpaired) electrons. The molecule has 3 aromatic carbocycles. The van der Waals surface area contributed by atoms with Crippen LogP contribution in [0.5, 0.6) is 0 Å². The van der Waals surface area contributed by atoms with Gasteiger partial charge in [0.25, 0.3) is 15.7 Å². The molecule has 0 aliphatic carbocycles. The highest BCUT2D eigenvalue weighted by Gasteiger charge is 2.32. The van der Waals surface area contributed by atoms with Crippen LogP contribution in [0.15, 0.2) is 88.2 Å². The van der Waals surface area contributed by atoms with E-state index in [-0.39, 0.29) is 28.7 Å². The van der Waals surface area contributed by atoms with Crippen LogP contribution in [-0.2, 0) is 26.2 Å². The number of amides is 2. The smallest absolute Gasteiger partial charge is 0.269 e. The molecule has 1 N–H and O–H groups in total. The van der Waals surface area contributed by atoms with E-state index in [9.17, 15) is 28.1 Å². The molecule has 1 atom stereocenters. The Balaban J connectivity index is 2.04. The van der Waals surface area contributed by atoms with E-state index >= 15 is 0 Å². The average Bonchev–Trinajstić information content (AvgIpc) is 2.90. The van der Waals surface area contributed by atoms with Gasteiger partial charge in [-0.2, -0.15) is 0 Å². The number of carbonyl (C=O) groups excluding carboxylic acids is 2. The quantitative estimate of drug-likeness (QED) is 0.260. The maximum atomic E-state index is 13.7. The Bertz CT molecular complexity index is 1400. The van der Waals surface area contributed by atoms with Gasteiger partial charge in [-0.05, 0) is 55.8 Å². The molecule has 10 nitrogen and oxygen atoms in total. The zero-order chi connectivity index (χ0) is 27.9. The number of sulfonamides is 1. The van der Waals surface area contributed by atoms with Crippen molar-refractivity contribution in [3.8, 4) is 0 Å². The van der Waals surface area contributed by atoms with Gasteiger partial charge in [-0.1, -0.05) is 46.3 Å². The first-order valence-electron chi connectivity index (χ1n) is 11.7. The van der Waals surface area contributed by atoms with Gasteiger partial charge in [-0.15, -0.1) is 0 Å². The summed E-state index contributed by atoms with van der Waals surface area (Å²) < 4.78 is 29.0. The first-order chi connectivity index (χ1) is 18.0. The third-order valence-electron chi connectivity index (χ3n) is 5.72. The lowest BCUT2D eigenvalue weighted by Crippen LogP contribution is -2.51. The SMILES string of the molecule is CCNC(=O)[C@@H](C)N(Cc1cccc(Br)c1)C(=O)CN(c1ccc([N+](=O)[O-])cc1)S(=O)(=O)c1ccccc1. The molecule has 3 rings (SSSR count). The lowest BCUT2D eigenvalue weighted by molar-refractivity contribution is -0.384. The van der Waals surface area contributed by atoms with Gasteiger partial charge in [0.15, 0.2) is 0 Å². The Labute approximate surface area is 229 Å². The monoisotopic (exact) mass is 602 g/mol. The molecule has 12 heteroatoms. The van der Waals surface area contributed by atoms with Gasteiger partial charge in [0, 0.05) is 29.7 Å². The number of rotatable bonds is 11. The molecule has 38 heavy (non-hydrogen) atoms. The van der Waals surface area contributed by atoms with Crippen LogP contribution in [-0.4, -0.2) is 49.2 Å². The first-order valence-corrected chi connectivity index (χ1v) is 13.9. The number of carbonyl (C=O) groups is 2. The van der Waals surface area contributed by atoms with E-state index in [0.29, 0.717) is 6.54 Å². The number of hydrogen-bond acceptors (Lipinski definition) is 6. The zero-order valence-corrected chi connectivity index (χ0v) is 23.2. The highest BCUT2D eigenvalue weighted by Crippen LogP contribution is 2.26. The number of hydrogen-bond donors (Lipinski definition) is 1. The van der Waals surface area contributed by atoms with Crippen molar-refractivity contribution >= 4 is 49.1 Å². The van der Waals surface area contributed by atoms with Crippen LogP contribution >= 0.6 is 15.9 Å². The summed E-state index contributed by atoms with van der Waals surface area (Å²) in [5.74, 6) is -1.01. The number of benzene rings is 3. The summed E-state index contributed by atoms with van der Waals surface area (Å²) in [6.07, 6.45) is 0. The highest BCUT2D eigenvalue weighted by molar-refractivity contribution is 9.10. The number of likely N-dealkylation sites (N-methyl/N-ethyl adjacent to an activating group) is 1. The van der Waals surface area contributed by atoms with Crippen LogP contribution in [0.2, 0.25) is 0 Å². The van der Waals surface area contributed by atoms with Crippen molar-refractivity contribution in [2.45, 2.75) is 31.3 Å². The molecular weight excluding hydrogens is 576 g/mol. The first kappa shape index (κ1) is 28.8. The number of nitro groups is 1. The molecule has 0 fully saturated rings. The summed E-state index contributed by atoms with van der Waals surface area (Å²) in [7, 11) is -4.24. The van der Waals surface area contributed by atoms with Crippen LogP contribution in [0.3, 0.4) is 0 Å². The Morgan fingerprint density at radius 3 is 2.26 bits per heavy atom. The van der Waals surface area contributed by atoms with Gasteiger partial charge in [0.1, 0.15) is 12.6 Å². The molecule has 0 spiro atoms. The molecule has 0 bridgehead atoms. The predicted octanol–water partition coefficient (Wildman–Crippen LogP) is 4.11. The van der Waals surface area contributed by atoms with Crippen LogP contribution in [0, 0.1) is 10.1 Å². The summed E-state index contributed by atoms with van der Waals surface area (Å²) >= 11 is 3.40. The van der Waals surface area contributed by atoms with Crippen molar-refractivity contribution in [1.82, 2.24) is 10.2 Å². The second kappa shape index (κ2) is 12.7. The average molecular weight is 603 g/mol. The largest absolute Gasteiger partial charge is 0.355 e. The van der Waals surface area contributed by atoms with Crippen molar-refractivity contribution in [1.29, 1.82) is 0 Å². The molecule has 0 saturated heterocycles. The van der Waals surface area contributed by atoms with Gasteiger partial charge in [0.05, 0.1) is 15.5 Å². The zero-order valence-electron chi connectivity index (χ0n) is 20.8. The standard InChI is InChI=1S/C26H27BrN4O6S/c1-3-28-26(33)19(2)29(17-20-8-7-9-21(27)16-20)25(32)18-30(22-12-14-23(15-13-22)31(34)35)38(36,37)24-10-5-4-6-11-24/h4-16,19H,3,17-18H2,1-2H3,(H,28,33)/t19-/m1/s1. The van der Waals surface area contributed by atoms with Gasteiger partial charge in [0.2, 0.25) is 11.8 Å². The van der Waals surface area contributed by atoms with Crippen molar-refractivity contribution in [3.05, 3.63) is 99.0 Å². The van der Waals surface area contributed by atoms with Gasteiger partial charge in [-0.25, -0.2) is 8.42 Å². The number of nitrogens with one attached hydrogen (secondary N) is 1. The molecular formula is C26H27BrN4O6S. The summed E-state index contributed by atoms with van der Waals surface area (Å²) in [6, 6.07) is 18.8. The van der Waals surface area contributed by atoms with E-state index < -0.39 is 33.4 Å². The van der Waals surface area contributed by atoms with E-state index in [1.165, 1.54) is 41.3 Å². The van der Waals surface area contributed by atoms with E-state index in [0.717, 1.165) is 14.3 Å². The molecule has 0 heterocycles. The second-order valence-corrected chi connectivity index (χ2v) is 11.1. The van der Waals surface area contributed by atoms with Gasteiger partial charge in [-0.3, -0.25) is 24.0 Å². The van der Waals surface area contributed by atoms with E-state index in [2.05, 4.69) is 21.2 Å². The fourth-order valence-corrected chi connectivity index (χ4v) is 5.61. The van der Waals surface area contributed by atoms with Crippen LogP contribution in [0.25, 0.3) is 0 Å². The fourth-order valence-electron chi connectivity index (χ4n) is 3.73. The lowest BCUT2D eigenvalue weighted by atomic mass is 10.1. The van der Waals surface area contributed by atoms with Crippen molar-refractivity contribution in [2.75, 3.05) is 17.4 Å². The number of halogens is 1. The fraction of sp³-hybridized carbons (Fsp3) is 0.231. The maximum absolute atomic E-state index is 13.7. The molecule has 0 unspecified atom stereocenters. The van der Waals surface area contributed by atoms with Gasteiger partial charge < -0.3 is 10.2 Å². The molecule has 2 amide bonds. The Morgan fingerprint density at radius 1 is 1.03 bits per heavy atom. The lowest BCUT2D eigenvalue weighted by Gasteiger charge is -2.32. The van der Waals surface area contributed by atoms with Crippen LogP contribution in [0.4, 0.5) is 11.4 Å². The van der Waals surface area contributed by atoms with Gasteiger partial charge >= 0.3 is 0 Å². The molecule has 0 saturated carbocycles. The Morgan fingerprint density at radius 2 is 1.68 bits per heavy atom. The minimum atomic E-state index is -4.24. The minimum absolute atomic E-state index is 0.0516. The molecule has 0 aromatic heterocycles. The normalized spacial score (nSPS) is 11.9. The number of nitrogens with zero attached hydrogens (tertiary/aromatic N) is 3. The molecule has 0 aliphatic heterocycles. The predicted molar refractivity (Wildman–Crippen MR) is 147 cm³/mol. The van der Waals surface area contributed by atoms with Crippen LogP contribution < -0.4 is 9.62 Å². The minimum Gasteiger partial charge on any atom is -0.355 e. The topological polar surface area (TPSA) is 130 Å².